The lowest BCUT2D eigenvalue weighted by Gasteiger charge is -2.18. The van der Waals surface area contributed by atoms with Crippen molar-refractivity contribution in [3.63, 3.8) is 0 Å². The molecule has 1 atom stereocenters. The minimum Gasteiger partial charge on any atom is -0.345 e. The smallest absolute Gasteiger partial charge is 0.262 e. The van der Waals surface area contributed by atoms with Gasteiger partial charge in [0.15, 0.2) is 0 Å². The second kappa shape index (κ2) is 9.14. The molecule has 1 N–H and O–H groups in total. The first-order valence-corrected chi connectivity index (χ1v) is 8.09. The van der Waals surface area contributed by atoms with Crippen LogP contribution in [-0.4, -0.2) is 5.91 Å². The molecule has 0 radical (unpaired) electrons. The monoisotopic (exact) mass is 333 g/mol. The van der Waals surface area contributed by atoms with Crippen molar-refractivity contribution >= 4 is 17.7 Å². The van der Waals surface area contributed by atoms with E-state index in [1.807, 2.05) is 43.3 Å². The van der Waals surface area contributed by atoms with Gasteiger partial charge in [-0.15, -0.1) is 4.91 Å². The Hall–Kier alpha value is -3.26. The van der Waals surface area contributed by atoms with Gasteiger partial charge in [0.25, 0.3) is 5.91 Å². The standard InChI is InChI=1S/C20H19N3O2/c1-2-8-18(15-9-4-3-5-10-15)22-20(24)17(14-21)13-16-11-6-7-12-19(16)23-25/h3-7,9-13,18H,2,8H2,1H3,(H,22,24)/b17-13+/t18-/m0/s1. The SMILES string of the molecule is CCC[C@H](NC(=O)/C(C#N)=C/c1ccccc1N=O)c1ccccc1. The van der Waals surface area contributed by atoms with E-state index in [-0.39, 0.29) is 17.3 Å². The molecule has 25 heavy (non-hydrogen) atoms. The number of carbonyl (C=O) groups excluding carboxylic acids is 1. The Kier molecular flexibility index (Phi) is 6.61. The molecule has 0 saturated heterocycles. The summed E-state index contributed by atoms with van der Waals surface area (Å²) in [6, 6.07) is 17.9. The predicted octanol–water partition coefficient (Wildman–Crippen LogP) is 4.65. The van der Waals surface area contributed by atoms with E-state index in [0.717, 1.165) is 18.4 Å². The lowest BCUT2D eigenvalue weighted by atomic mass is 10.0. The van der Waals surface area contributed by atoms with Crippen LogP contribution in [0.1, 0.15) is 36.9 Å². The lowest BCUT2D eigenvalue weighted by molar-refractivity contribution is -0.117. The van der Waals surface area contributed by atoms with Crippen LogP contribution in [-0.2, 0) is 4.79 Å². The van der Waals surface area contributed by atoms with Crippen LogP contribution < -0.4 is 5.32 Å². The molecule has 2 aromatic rings. The molecular weight excluding hydrogens is 314 g/mol. The van der Waals surface area contributed by atoms with Crippen molar-refractivity contribution < 1.29 is 4.79 Å². The Morgan fingerprint density at radius 2 is 1.88 bits per heavy atom. The molecule has 126 valence electrons. The van der Waals surface area contributed by atoms with Crippen LogP contribution in [0.25, 0.3) is 6.08 Å². The first kappa shape index (κ1) is 18.1. The Balaban J connectivity index is 2.25. The number of nitroso groups, excluding NO2 is 1. The summed E-state index contributed by atoms with van der Waals surface area (Å²) in [5, 5.41) is 15.2. The highest BCUT2D eigenvalue weighted by molar-refractivity contribution is 6.02. The van der Waals surface area contributed by atoms with E-state index < -0.39 is 5.91 Å². The fraction of sp³-hybridized carbons (Fsp3) is 0.200. The van der Waals surface area contributed by atoms with Crippen molar-refractivity contribution in [2.45, 2.75) is 25.8 Å². The van der Waals surface area contributed by atoms with Gasteiger partial charge in [-0.3, -0.25) is 4.79 Å². The van der Waals surface area contributed by atoms with Gasteiger partial charge in [0, 0.05) is 5.56 Å². The van der Waals surface area contributed by atoms with Gasteiger partial charge < -0.3 is 5.32 Å². The number of hydrogen-bond acceptors (Lipinski definition) is 4. The Labute approximate surface area is 147 Å². The van der Waals surface area contributed by atoms with Gasteiger partial charge in [0.1, 0.15) is 17.3 Å². The molecule has 0 saturated carbocycles. The van der Waals surface area contributed by atoms with Crippen molar-refractivity contribution in [3.8, 4) is 6.07 Å². The van der Waals surface area contributed by atoms with Crippen LogP contribution in [0.3, 0.4) is 0 Å². The van der Waals surface area contributed by atoms with Crippen LogP contribution in [0.4, 0.5) is 5.69 Å². The number of hydrogen-bond donors (Lipinski definition) is 1. The molecule has 5 nitrogen and oxygen atoms in total. The first-order chi connectivity index (χ1) is 12.2. The summed E-state index contributed by atoms with van der Waals surface area (Å²) >= 11 is 0. The molecule has 0 aromatic heterocycles. The summed E-state index contributed by atoms with van der Waals surface area (Å²) in [5.74, 6) is -0.467. The van der Waals surface area contributed by atoms with Gasteiger partial charge in [-0.1, -0.05) is 61.9 Å². The molecule has 0 bridgehead atoms. The average molecular weight is 333 g/mol. The fourth-order valence-electron chi connectivity index (χ4n) is 2.53. The van der Waals surface area contributed by atoms with Gasteiger partial charge in [0.05, 0.1) is 6.04 Å². The fourth-order valence-corrected chi connectivity index (χ4v) is 2.53. The Bertz CT molecular complexity index is 807. The van der Waals surface area contributed by atoms with Crippen molar-refractivity contribution in [2.75, 3.05) is 0 Å². The highest BCUT2D eigenvalue weighted by atomic mass is 16.3. The van der Waals surface area contributed by atoms with E-state index in [1.165, 1.54) is 12.1 Å². The topological polar surface area (TPSA) is 82.3 Å². The van der Waals surface area contributed by atoms with Gasteiger partial charge in [-0.05, 0) is 29.3 Å². The zero-order valence-corrected chi connectivity index (χ0v) is 14.0. The van der Waals surface area contributed by atoms with Crippen LogP contribution >= 0.6 is 0 Å². The summed E-state index contributed by atoms with van der Waals surface area (Å²) in [5.41, 5.74) is 1.56. The van der Waals surface area contributed by atoms with Gasteiger partial charge in [-0.2, -0.15) is 5.26 Å². The second-order valence-electron chi connectivity index (χ2n) is 5.55. The summed E-state index contributed by atoms with van der Waals surface area (Å²) < 4.78 is 0. The number of rotatable bonds is 7. The highest BCUT2D eigenvalue weighted by Crippen LogP contribution is 2.22. The van der Waals surface area contributed by atoms with Crippen molar-refractivity contribution in [1.82, 2.24) is 5.32 Å². The Morgan fingerprint density at radius 1 is 1.20 bits per heavy atom. The number of carbonyl (C=O) groups is 1. The molecule has 0 heterocycles. The molecule has 1 amide bonds. The molecule has 0 aliphatic carbocycles. The maximum absolute atomic E-state index is 12.5. The van der Waals surface area contributed by atoms with Crippen LogP contribution in [0.15, 0.2) is 65.3 Å². The van der Waals surface area contributed by atoms with E-state index in [1.54, 1.807) is 18.2 Å². The number of nitrogens with zero attached hydrogens (tertiary/aromatic N) is 2. The summed E-state index contributed by atoms with van der Waals surface area (Å²) in [4.78, 5) is 23.4. The number of amides is 1. The molecule has 0 aliphatic rings. The van der Waals surface area contributed by atoms with Crippen LogP contribution in [0.2, 0.25) is 0 Å². The maximum Gasteiger partial charge on any atom is 0.262 e. The normalized spacial score (nSPS) is 12.1. The number of benzene rings is 2. The quantitative estimate of drug-likeness (QED) is 0.455. The molecule has 2 rings (SSSR count). The molecular formula is C20H19N3O2. The molecule has 0 unspecified atom stereocenters. The maximum atomic E-state index is 12.5. The largest absolute Gasteiger partial charge is 0.345 e. The Morgan fingerprint density at radius 3 is 2.52 bits per heavy atom. The van der Waals surface area contributed by atoms with E-state index >= 15 is 0 Å². The molecule has 2 aromatic carbocycles. The molecule has 0 aliphatic heterocycles. The summed E-state index contributed by atoms with van der Waals surface area (Å²) in [6.45, 7) is 2.04. The molecule has 0 spiro atoms. The predicted molar refractivity (Wildman–Crippen MR) is 97.7 cm³/mol. The second-order valence-corrected chi connectivity index (χ2v) is 5.55. The zero-order chi connectivity index (χ0) is 18.1. The van der Waals surface area contributed by atoms with Gasteiger partial charge >= 0.3 is 0 Å². The average Bonchev–Trinajstić information content (AvgIpc) is 2.66. The highest BCUT2D eigenvalue weighted by Gasteiger charge is 2.17. The minimum absolute atomic E-state index is 0.0619. The zero-order valence-electron chi connectivity index (χ0n) is 14.0. The van der Waals surface area contributed by atoms with Crippen molar-refractivity contribution in [1.29, 1.82) is 5.26 Å². The third kappa shape index (κ3) is 4.85. The number of nitriles is 1. The van der Waals surface area contributed by atoms with Crippen molar-refractivity contribution in [2.24, 2.45) is 5.18 Å². The lowest BCUT2D eigenvalue weighted by Crippen LogP contribution is -2.29. The first-order valence-electron chi connectivity index (χ1n) is 8.09. The third-order valence-corrected chi connectivity index (χ3v) is 3.78. The third-order valence-electron chi connectivity index (χ3n) is 3.78. The van der Waals surface area contributed by atoms with Gasteiger partial charge in [0.2, 0.25) is 0 Å². The van der Waals surface area contributed by atoms with E-state index in [9.17, 15) is 15.0 Å². The summed E-state index contributed by atoms with van der Waals surface area (Å²) in [7, 11) is 0. The van der Waals surface area contributed by atoms with E-state index in [4.69, 9.17) is 0 Å². The van der Waals surface area contributed by atoms with Gasteiger partial charge in [-0.25, -0.2) is 0 Å². The van der Waals surface area contributed by atoms with Crippen LogP contribution in [0, 0.1) is 16.2 Å². The van der Waals surface area contributed by atoms with E-state index in [2.05, 4.69) is 10.5 Å². The van der Waals surface area contributed by atoms with E-state index in [0.29, 0.717) is 5.56 Å². The van der Waals surface area contributed by atoms with Crippen LogP contribution in [0.5, 0.6) is 0 Å². The summed E-state index contributed by atoms with van der Waals surface area (Å²) in [6.07, 6.45) is 3.05. The molecule has 5 heteroatoms. The van der Waals surface area contributed by atoms with Crippen molar-refractivity contribution in [3.05, 3.63) is 76.2 Å². The minimum atomic E-state index is -0.467. The number of nitrogens with one attached hydrogen (secondary N) is 1. The molecule has 0 fully saturated rings.